The van der Waals surface area contributed by atoms with Crippen molar-refractivity contribution in [2.45, 2.75) is 6.54 Å². The van der Waals surface area contributed by atoms with Crippen molar-refractivity contribution in [1.29, 1.82) is 0 Å². The van der Waals surface area contributed by atoms with Crippen molar-refractivity contribution in [1.82, 2.24) is 5.32 Å². The number of rotatable bonds is 8. The van der Waals surface area contributed by atoms with Gasteiger partial charge in [0.25, 0.3) is 5.91 Å². The maximum atomic E-state index is 12.4. The monoisotopic (exact) mass is 375 g/mol. The lowest BCUT2D eigenvalue weighted by Crippen LogP contribution is -2.28. The van der Waals surface area contributed by atoms with E-state index in [0.717, 1.165) is 11.3 Å². The SMILES string of the molecule is COc1ccc(CNC(=O)COc2ccc(C(=O)c3ccccc3)cc2)cc1. The quantitative estimate of drug-likeness (QED) is 0.611. The summed E-state index contributed by atoms with van der Waals surface area (Å²) in [5.41, 5.74) is 2.18. The second-order valence-corrected chi connectivity index (χ2v) is 6.13. The Balaban J connectivity index is 1.47. The molecule has 3 aromatic rings. The molecule has 0 aliphatic carbocycles. The van der Waals surface area contributed by atoms with Gasteiger partial charge in [-0.2, -0.15) is 0 Å². The lowest BCUT2D eigenvalue weighted by atomic mass is 10.0. The molecule has 0 bridgehead atoms. The van der Waals surface area contributed by atoms with Crippen molar-refractivity contribution < 1.29 is 19.1 Å². The molecule has 0 atom stereocenters. The second-order valence-electron chi connectivity index (χ2n) is 6.13. The Kier molecular flexibility index (Phi) is 6.41. The molecule has 142 valence electrons. The first-order valence-electron chi connectivity index (χ1n) is 8.88. The van der Waals surface area contributed by atoms with Crippen LogP contribution >= 0.6 is 0 Å². The molecule has 0 aliphatic heterocycles. The zero-order valence-electron chi connectivity index (χ0n) is 15.6. The van der Waals surface area contributed by atoms with Crippen molar-refractivity contribution >= 4 is 11.7 Å². The maximum Gasteiger partial charge on any atom is 0.258 e. The molecule has 0 saturated carbocycles. The van der Waals surface area contributed by atoms with Crippen molar-refractivity contribution in [3.8, 4) is 11.5 Å². The predicted molar refractivity (Wildman–Crippen MR) is 107 cm³/mol. The highest BCUT2D eigenvalue weighted by Crippen LogP contribution is 2.15. The molecule has 0 aromatic heterocycles. The fourth-order valence-corrected chi connectivity index (χ4v) is 2.60. The number of nitrogens with one attached hydrogen (secondary N) is 1. The zero-order chi connectivity index (χ0) is 19.8. The maximum absolute atomic E-state index is 12.4. The fraction of sp³-hybridized carbons (Fsp3) is 0.130. The van der Waals surface area contributed by atoms with E-state index in [1.165, 1.54) is 0 Å². The Morgan fingerprint density at radius 3 is 2.04 bits per heavy atom. The van der Waals surface area contributed by atoms with Crippen LogP contribution in [-0.4, -0.2) is 25.4 Å². The van der Waals surface area contributed by atoms with Crippen molar-refractivity contribution in [3.63, 3.8) is 0 Å². The van der Waals surface area contributed by atoms with E-state index in [0.29, 0.717) is 23.4 Å². The highest BCUT2D eigenvalue weighted by atomic mass is 16.5. The number of ether oxygens (including phenoxy) is 2. The van der Waals surface area contributed by atoms with Gasteiger partial charge in [-0.3, -0.25) is 9.59 Å². The molecule has 0 saturated heterocycles. The van der Waals surface area contributed by atoms with Crippen LogP contribution in [0.5, 0.6) is 11.5 Å². The van der Waals surface area contributed by atoms with E-state index in [1.807, 2.05) is 42.5 Å². The summed E-state index contributed by atoms with van der Waals surface area (Å²) >= 11 is 0. The first-order valence-corrected chi connectivity index (χ1v) is 8.88. The third kappa shape index (κ3) is 5.20. The van der Waals surface area contributed by atoms with Crippen LogP contribution < -0.4 is 14.8 Å². The molecule has 0 fully saturated rings. The molecule has 3 aromatic carbocycles. The Morgan fingerprint density at radius 1 is 0.786 bits per heavy atom. The molecule has 0 radical (unpaired) electrons. The van der Waals surface area contributed by atoms with Crippen LogP contribution in [0, 0.1) is 0 Å². The Hall–Kier alpha value is -3.60. The Bertz CT molecular complexity index is 919. The molecule has 0 spiro atoms. The lowest BCUT2D eigenvalue weighted by Gasteiger charge is -2.09. The van der Waals surface area contributed by atoms with Crippen molar-refractivity contribution in [2.24, 2.45) is 0 Å². The topological polar surface area (TPSA) is 64.6 Å². The van der Waals surface area contributed by atoms with E-state index >= 15 is 0 Å². The summed E-state index contributed by atoms with van der Waals surface area (Å²) < 4.78 is 10.6. The van der Waals surface area contributed by atoms with Gasteiger partial charge in [0.2, 0.25) is 0 Å². The molecule has 5 nitrogen and oxygen atoms in total. The Labute approximate surface area is 163 Å². The predicted octanol–water partition coefficient (Wildman–Crippen LogP) is 3.62. The number of ketones is 1. The molecule has 1 amide bonds. The summed E-state index contributed by atoms with van der Waals surface area (Å²) in [5.74, 6) is 1.03. The van der Waals surface area contributed by atoms with Gasteiger partial charge in [-0.15, -0.1) is 0 Å². The van der Waals surface area contributed by atoms with E-state index < -0.39 is 0 Å². The van der Waals surface area contributed by atoms with Gasteiger partial charge in [-0.05, 0) is 42.0 Å². The molecule has 0 aliphatic rings. The standard InChI is InChI=1S/C23H21NO4/c1-27-20-11-7-17(8-12-20)15-24-22(25)16-28-21-13-9-19(10-14-21)23(26)18-5-3-2-4-6-18/h2-14H,15-16H2,1H3,(H,24,25). The average molecular weight is 375 g/mol. The number of methoxy groups -OCH3 is 1. The van der Waals surface area contributed by atoms with Gasteiger partial charge in [0, 0.05) is 17.7 Å². The van der Waals surface area contributed by atoms with Gasteiger partial charge in [-0.25, -0.2) is 0 Å². The average Bonchev–Trinajstić information content (AvgIpc) is 2.77. The summed E-state index contributed by atoms with van der Waals surface area (Å²) in [6.07, 6.45) is 0. The summed E-state index contributed by atoms with van der Waals surface area (Å²) in [4.78, 5) is 24.3. The molecule has 0 unspecified atom stereocenters. The zero-order valence-corrected chi connectivity index (χ0v) is 15.6. The summed E-state index contributed by atoms with van der Waals surface area (Å²) in [5, 5.41) is 2.80. The molecule has 5 heteroatoms. The third-order valence-corrected chi connectivity index (χ3v) is 4.17. The van der Waals surface area contributed by atoms with Crippen molar-refractivity contribution in [3.05, 3.63) is 95.6 Å². The van der Waals surface area contributed by atoms with Gasteiger partial charge in [0.15, 0.2) is 12.4 Å². The first kappa shape index (κ1) is 19.2. The van der Waals surface area contributed by atoms with Crippen LogP contribution in [0.4, 0.5) is 0 Å². The van der Waals surface area contributed by atoms with Crippen LogP contribution in [0.25, 0.3) is 0 Å². The van der Waals surface area contributed by atoms with Gasteiger partial charge >= 0.3 is 0 Å². The van der Waals surface area contributed by atoms with Crippen LogP contribution in [0.3, 0.4) is 0 Å². The summed E-state index contributed by atoms with van der Waals surface area (Å²) in [6, 6.07) is 23.3. The van der Waals surface area contributed by atoms with Crippen LogP contribution in [0.1, 0.15) is 21.5 Å². The molecular formula is C23H21NO4. The number of hydrogen-bond acceptors (Lipinski definition) is 4. The minimum absolute atomic E-state index is 0.0515. The smallest absolute Gasteiger partial charge is 0.258 e. The molecular weight excluding hydrogens is 354 g/mol. The number of carbonyl (C=O) groups is 2. The van der Waals surface area contributed by atoms with Gasteiger partial charge in [0.05, 0.1) is 7.11 Å². The lowest BCUT2D eigenvalue weighted by molar-refractivity contribution is -0.123. The molecule has 28 heavy (non-hydrogen) atoms. The summed E-state index contributed by atoms with van der Waals surface area (Å²) in [6.45, 7) is 0.318. The molecule has 0 heterocycles. The van der Waals surface area contributed by atoms with Crippen LogP contribution in [0.15, 0.2) is 78.9 Å². The van der Waals surface area contributed by atoms with Gasteiger partial charge in [0.1, 0.15) is 11.5 Å². The van der Waals surface area contributed by atoms with Crippen LogP contribution in [-0.2, 0) is 11.3 Å². The van der Waals surface area contributed by atoms with E-state index in [2.05, 4.69) is 5.32 Å². The van der Waals surface area contributed by atoms with E-state index in [4.69, 9.17) is 9.47 Å². The minimum atomic E-state index is -0.222. The number of amides is 1. The van der Waals surface area contributed by atoms with E-state index in [-0.39, 0.29) is 18.3 Å². The minimum Gasteiger partial charge on any atom is -0.497 e. The van der Waals surface area contributed by atoms with E-state index in [9.17, 15) is 9.59 Å². The van der Waals surface area contributed by atoms with Crippen molar-refractivity contribution in [2.75, 3.05) is 13.7 Å². The molecule has 3 rings (SSSR count). The molecule has 1 N–H and O–H groups in total. The van der Waals surface area contributed by atoms with E-state index in [1.54, 1.807) is 43.5 Å². The number of hydrogen-bond donors (Lipinski definition) is 1. The van der Waals surface area contributed by atoms with Crippen LogP contribution in [0.2, 0.25) is 0 Å². The highest BCUT2D eigenvalue weighted by molar-refractivity contribution is 6.08. The first-order chi connectivity index (χ1) is 13.7. The summed E-state index contributed by atoms with van der Waals surface area (Å²) in [7, 11) is 1.61. The fourth-order valence-electron chi connectivity index (χ4n) is 2.60. The highest BCUT2D eigenvalue weighted by Gasteiger charge is 2.09. The largest absolute Gasteiger partial charge is 0.497 e. The Morgan fingerprint density at radius 2 is 1.39 bits per heavy atom. The van der Waals surface area contributed by atoms with Gasteiger partial charge < -0.3 is 14.8 Å². The third-order valence-electron chi connectivity index (χ3n) is 4.17. The normalized spacial score (nSPS) is 10.2. The number of benzene rings is 3. The number of carbonyl (C=O) groups excluding carboxylic acids is 2. The van der Waals surface area contributed by atoms with Gasteiger partial charge in [-0.1, -0.05) is 42.5 Å². The second kappa shape index (κ2) is 9.37.